The van der Waals surface area contributed by atoms with E-state index in [9.17, 15) is 14.4 Å². The first kappa shape index (κ1) is 76.6. The first-order valence-corrected chi connectivity index (χ1v) is 34.6. The molecule has 0 fully saturated rings. The number of unbranched alkanes of at least 4 members (excludes halogenated alkanes) is 38. The Balaban J connectivity index is 4.32. The van der Waals surface area contributed by atoms with Gasteiger partial charge in [0.05, 0.1) is 0 Å². The monoisotopic (exact) mass is 1110 g/mol. The molecule has 0 bridgehead atoms. The number of carbonyl (C=O) groups excluding carboxylic acids is 3. The molecule has 0 N–H and O–H groups in total. The van der Waals surface area contributed by atoms with E-state index >= 15 is 0 Å². The van der Waals surface area contributed by atoms with Crippen molar-refractivity contribution in [3.8, 4) is 0 Å². The van der Waals surface area contributed by atoms with E-state index in [1.54, 1.807) is 0 Å². The SMILES string of the molecule is CC/C=C\C/C=C\C/C=C\C/C=C\CCCCCCCCCCCCC(=O)OC(COC(=O)CCCCCCCCCCCC/C=C\C/C=C\C/C=C\CCCCCCC)COC(=O)CCCCCCCCCCCCCCCC. The average Bonchev–Trinajstić information content (AvgIpc) is 3.46. The van der Waals surface area contributed by atoms with Crippen LogP contribution in [0.5, 0.6) is 0 Å². The van der Waals surface area contributed by atoms with Gasteiger partial charge in [0, 0.05) is 19.3 Å². The third kappa shape index (κ3) is 65.4. The summed E-state index contributed by atoms with van der Waals surface area (Å²) < 4.78 is 17.0. The topological polar surface area (TPSA) is 78.9 Å². The number of hydrogen-bond acceptors (Lipinski definition) is 6. The van der Waals surface area contributed by atoms with E-state index in [0.29, 0.717) is 19.3 Å². The van der Waals surface area contributed by atoms with Crippen molar-refractivity contribution in [1.29, 1.82) is 0 Å². The minimum absolute atomic E-state index is 0.0758. The van der Waals surface area contributed by atoms with Gasteiger partial charge in [-0.1, -0.05) is 318 Å². The quantitative estimate of drug-likeness (QED) is 0.0261. The molecule has 462 valence electrons. The number of allylic oxidation sites excluding steroid dienone is 14. The largest absolute Gasteiger partial charge is 0.462 e. The van der Waals surface area contributed by atoms with Gasteiger partial charge in [-0.3, -0.25) is 14.4 Å². The molecule has 0 aliphatic rings. The molecule has 0 aliphatic carbocycles. The lowest BCUT2D eigenvalue weighted by atomic mass is 10.0. The van der Waals surface area contributed by atoms with Crippen molar-refractivity contribution < 1.29 is 28.6 Å². The van der Waals surface area contributed by atoms with Crippen LogP contribution in [0.1, 0.15) is 348 Å². The Kier molecular flexibility index (Phi) is 65.2. The fraction of sp³-hybridized carbons (Fsp3) is 0.770. The molecule has 80 heavy (non-hydrogen) atoms. The van der Waals surface area contributed by atoms with Crippen LogP contribution in [0.4, 0.5) is 0 Å². The Morgan fingerprint density at radius 2 is 0.487 bits per heavy atom. The van der Waals surface area contributed by atoms with E-state index in [2.05, 4.69) is 106 Å². The third-order valence-electron chi connectivity index (χ3n) is 15.1. The normalized spacial score (nSPS) is 12.6. The van der Waals surface area contributed by atoms with Crippen molar-refractivity contribution in [3.05, 3.63) is 85.1 Å². The predicted octanol–water partition coefficient (Wildman–Crippen LogP) is 23.8. The van der Waals surface area contributed by atoms with E-state index < -0.39 is 6.10 Å². The summed E-state index contributed by atoms with van der Waals surface area (Å²) in [5, 5.41) is 0. The first-order valence-electron chi connectivity index (χ1n) is 34.6. The van der Waals surface area contributed by atoms with Gasteiger partial charge in [-0.15, -0.1) is 0 Å². The highest BCUT2D eigenvalue weighted by Crippen LogP contribution is 2.17. The molecule has 0 amide bonds. The number of carbonyl (C=O) groups is 3. The summed E-state index contributed by atoms with van der Waals surface area (Å²) in [7, 11) is 0. The Bertz CT molecular complexity index is 1520. The molecule has 0 rings (SSSR count). The van der Waals surface area contributed by atoms with Gasteiger partial charge in [-0.25, -0.2) is 0 Å². The Hall–Kier alpha value is -3.41. The summed E-state index contributed by atoms with van der Waals surface area (Å²) in [6.45, 7) is 6.56. The fourth-order valence-electron chi connectivity index (χ4n) is 9.97. The fourth-order valence-corrected chi connectivity index (χ4v) is 9.97. The van der Waals surface area contributed by atoms with E-state index in [-0.39, 0.29) is 31.1 Å². The van der Waals surface area contributed by atoms with Gasteiger partial charge >= 0.3 is 17.9 Å². The average molecular weight is 1120 g/mol. The van der Waals surface area contributed by atoms with Crippen LogP contribution in [0.3, 0.4) is 0 Å². The molecule has 6 heteroatoms. The van der Waals surface area contributed by atoms with Crippen LogP contribution in [-0.4, -0.2) is 37.2 Å². The molecule has 0 saturated carbocycles. The Labute approximate surface area is 496 Å². The summed E-state index contributed by atoms with van der Waals surface area (Å²) in [4.78, 5) is 38.4. The molecule has 1 atom stereocenters. The molecule has 0 aliphatic heterocycles. The molecule has 6 nitrogen and oxygen atoms in total. The lowest BCUT2D eigenvalue weighted by Crippen LogP contribution is -2.30. The highest BCUT2D eigenvalue weighted by Gasteiger charge is 2.19. The summed E-state index contributed by atoms with van der Waals surface area (Å²) in [5.74, 6) is -0.866. The van der Waals surface area contributed by atoms with Crippen molar-refractivity contribution in [1.82, 2.24) is 0 Å². The summed E-state index contributed by atoms with van der Waals surface area (Å²) in [6, 6.07) is 0. The highest BCUT2D eigenvalue weighted by molar-refractivity contribution is 5.71. The maximum absolute atomic E-state index is 13.0. The molecule has 0 radical (unpaired) electrons. The molecular weight excluding hydrogens is 985 g/mol. The summed E-state index contributed by atoms with van der Waals surface area (Å²) in [6.07, 6.45) is 90.2. The van der Waals surface area contributed by atoms with Gasteiger partial charge in [0.2, 0.25) is 0 Å². The van der Waals surface area contributed by atoms with Gasteiger partial charge in [-0.05, 0) is 96.3 Å². The molecule has 1 unspecified atom stereocenters. The van der Waals surface area contributed by atoms with Crippen LogP contribution in [0.2, 0.25) is 0 Å². The predicted molar refractivity (Wildman–Crippen MR) is 348 cm³/mol. The summed E-state index contributed by atoms with van der Waals surface area (Å²) in [5.41, 5.74) is 0. The number of esters is 3. The smallest absolute Gasteiger partial charge is 0.306 e. The standard InChI is InChI=1S/C74H130O6/c1-4-7-10-13-16-19-22-25-28-30-32-34-36-37-39-40-42-44-46-49-52-55-58-61-64-67-73(76)79-70-71(69-78-72(75)66-63-60-57-54-51-48-27-24-21-18-15-12-9-6-3)80-74(77)68-65-62-59-56-53-50-47-45-43-41-38-35-33-31-29-26-23-20-17-14-11-8-5-2/h8,11,17,20,22,25-26,29-30,32-33,35-37,71H,4-7,9-10,12-16,18-19,21,23-24,27-28,31,34,38-70H2,1-3H3/b11-8-,20-17-,25-22-,29-26-,32-30-,35-33-,37-36-. The molecule has 0 heterocycles. The lowest BCUT2D eigenvalue weighted by molar-refractivity contribution is -0.167. The second-order valence-corrected chi connectivity index (χ2v) is 23.1. The van der Waals surface area contributed by atoms with E-state index in [4.69, 9.17) is 14.2 Å². The minimum atomic E-state index is -0.781. The van der Waals surface area contributed by atoms with Crippen LogP contribution in [-0.2, 0) is 28.6 Å². The second kappa shape index (κ2) is 68.1. The first-order chi connectivity index (χ1) is 39.5. The van der Waals surface area contributed by atoms with Crippen LogP contribution in [0.15, 0.2) is 85.1 Å². The molecule has 0 aromatic heterocycles. The van der Waals surface area contributed by atoms with Crippen LogP contribution >= 0.6 is 0 Å². The van der Waals surface area contributed by atoms with Gasteiger partial charge < -0.3 is 14.2 Å². The number of rotatable bonds is 63. The van der Waals surface area contributed by atoms with Crippen molar-refractivity contribution in [2.45, 2.75) is 354 Å². The Morgan fingerprint density at radius 1 is 0.263 bits per heavy atom. The van der Waals surface area contributed by atoms with Crippen molar-refractivity contribution in [3.63, 3.8) is 0 Å². The maximum atomic E-state index is 13.0. The van der Waals surface area contributed by atoms with Crippen molar-refractivity contribution >= 4 is 17.9 Å². The minimum Gasteiger partial charge on any atom is -0.462 e. The molecule has 0 aromatic carbocycles. The van der Waals surface area contributed by atoms with Crippen LogP contribution in [0, 0.1) is 0 Å². The summed E-state index contributed by atoms with van der Waals surface area (Å²) >= 11 is 0. The van der Waals surface area contributed by atoms with Crippen LogP contribution in [0.25, 0.3) is 0 Å². The molecular formula is C74H130O6. The zero-order chi connectivity index (χ0) is 57.8. The van der Waals surface area contributed by atoms with Crippen molar-refractivity contribution in [2.75, 3.05) is 13.2 Å². The van der Waals surface area contributed by atoms with Crippen molar-refractivity contribution in [2.24, 2.45) is 0 Å². The highest BCUT2D eigenvalue weighted by atomic mass is 16.6. The van der Waals surface area contributed by atoms with Gasteiger partial charge in [0.15, 0.2) is 6.10 Å². The van der Waals surface area contributed by atoms with Gasteiger partial charge in [-0.2, -0.15) is 0 Å². The third-order valence-corrected chi connectivity index (χ3v) is 15.1. The van der Waals surface area contributed by atoms with Gasteiger partial charge in [0.1, 0.15) is 13.2 Å². The molecule has 0 spiro atoms. The van der Waals surface area contributed by atoms with E-state index in [1.807, 2.05) is 0 Å². The second-order valence-electron chi connectivity index (χ2n) is 23.1. The van der Waals surface area contributed by atoms with Crippen LogP contribution < -0.4 is 0 Å². The zero-order valence-corrected chi connectivity index (χ0v) is 53.1. The lowest BCUT2D eigenvalue weighted by Gasteiger charge is -2.18. The van der Waals surface area contributed by atoms with Gasteiger partial charge in [0.25, 0.3) is 0 Å². The van der Waals surface area contributed by atoms with E-state index in [0.717, 1.165) is 96.3 Å². The number of hydrogen-bond donors (Lipinski definition) is 0. The number of ether oxygens (including phenoxy) is 3. The molecule has 0 aromatic rings. The maximum Gasteiger partial charge on any atom is 0.306 e. The van der Waals surface area contributed by atoms with E-state index in [1.165, 1.54) is 212 Å². The Morgan fingerprint density at radius 3 is 0.762 bits per heavy atom. The molecule has 0 saturated heterocycles. The zero-order valence-electron chi connectivity index (χ0n) is 53.1.